The molecule has 2 aliphatic heterocycles. The van der Waals surface area contributed by atoms with Crippen LogP contribution in [0.4, 0.5) is 6.01 Å². The number of piperidine rings is 2. The van der Waals surface area contributed by atoms with Gasteiger partial charge in [-0.25, -0.2) is 4.98 Å². The van der Waals surface area contributed by atoms with Gasteiger partial charge in [0.1, 0.15) is 0 Å². The van der Waals surface area contributed by atoms with E-state index < -0.39 is 0 Å². The normalized spacial score (nSPS) is 21.8. The number of aromatic nitrogens is 3. The summed E-state index contributed by atoms with van der Waals surface area (Å²) >= 11 is 0. The molecule has 1 aliphatic carbocycles. The van der Waals surface area contributed by atoms with Gasteiger partial charge in [-0.1, -0.05) is 25.1 Å². The Kier molecular flexibility index (Phi) is 8.08. The largest absolute Gasteiger partial charge is 0.477 e. The SMILES string of the molecule is CC(C)c1noc(N2CCC(COc3ccc(C4=CCC(C(=O)N5CCC(O)CC5)CC4)cn3)CC2)n1. The highest BCUT2D eigenvalue weighted by molar-refractivity contribution is 5.80. The van der Waals surface area contributed by atoms with E-state index in [9.17, 15) is 9.90 Å². The molecule has 2 aromatic heterocycles. The number of carbonyl (C=O) groups excluding carboxylic acids is 1. The van der Waals surface area contributed by atoms with Gasteiger partial charge in [0.05, 0.1) is 12.7 Å². The van der Waals surface area contributed by atoms with Gasteiger partial charge in [-0.2, -0.15) is 4.98 Å². The molecule has 1 amide bonds. The average molecular weight is 510 g/mol. The maximum atomic E-state index is 12.8. The molecule has 1 N–H and O–H groups in total. The predicted octanol–water partition coefficient (Wildman–Crippen LogP) is 4.05. The summed E-state index contributed by atoms with van der Waals surface area (Å²) in [6, 6.07) is 4.65. The van der Waals surface area contributed by atoms with Crippen molar-refractivity contribution >= 4 is 17.5 Å². The second-order valence-electron chi connectivity index (χ2n) is 11.0. The van der Waals surface area contributed by atoms with E-state index in [0.29, 0.717) is 50.4 Å². The first kappa shape index (κ1) is 25.7. The Morgan fingerprint density at radius 3 is 2.54 bits per heavy atom. The fourth-order valence-corrected chi connectivity index (χ4v) is 5.40. The van der Waals surface area contributed by atoms with Crippen LogP contribution >= 0.6 is 0 Å². The summed E-state index contributed by atoms with van der Waals surface area (Å²) in [5, 5.41) is 13.8. The van der Waals surface area contributed by atoms with Crippen molar-refractivity contribution in [2.75, 3.05) is 37.7 Å². The Bertz CT molecular complexity index is 1070. The molecule has 0 bridgehead atoms. The number of allylic oxidation sites excluding steroid dienone is 2. The number of rotatable bonds is 7. The fourth-order valence-electron chi connectivity index (χ4n) is 5.40. The van der Waals surface area contributed by atoms with E-state index in [-0.39, 0.29) is 23.8 Å². The number of nitrogens with zero attached hydrogens (tertiary/aromatic N) is 5. The molecule has 2 aromatic rings. The monoisotopic (exact) mass is 509 g/mol. The number of anilines is 1. The van der Waals surface area contributed by atoms with Crippen molar-refractivity contribution < 1.29 is 19.2 Å². The molecular weight excluding hydrogens is 470 g/mol. The number of ether oxygens (including phenoxy) is 1. The molecule has 200 valence electrons. The molecule has 2 fully saturated rings. The Morgan fingerprint density at radius 1 is 1.14 bits per heavy atom. The summed E-state index contributed by atoms with van der Waals surface area (Å²) in [5.74, 6) is 2.45. The van der Waals surface area contributed by atoms with Crippen molar-refractivity contribution in [3.05, 3.63) is 35.8 Å². The number of hydrogen-bond acceptors (Lipinski definition) is 8. The van der Waals surface area contributed by atoms with Crippen LogP contribution in [-0.4, -0.2) is 69.9 Å². The van der Waals surface area contributed by atoms with Gasteiger partial charge < -0.3 is 24.2 Å². The number of aliphatic hydroxyl groups excluding tert-OH is 1. The Balaban J connectivity index is 1.06. The molecule has 5 rings (SSSR count). The smallest absolute Gasteiger partial charge is 0.324 e. The van der Waals surface area contributed by atoms with Gasteiger partial charge in [-0.15, -0.1) is 0 Å². The minimum atomic E-state index is -0.254. The van der Waals surface area contributed by atoms with E-state index in [2.05, 4.69) is 46.0 Å². The second-order valence-corrected chi connectivity index (χ2v) is 11.0. The van der Waals surface area contributed by atoms with Crippen LogP contribution in [0, 0.1) is 11.8 Å². The summed E-state index contributed by atoms with van der Waals surface area (Å²) in [6.45, 7) is 7.90. The number of hydrogen-bond donors (Lipinski definition) is 1. The average Bonchev–Trinajstić information content (AvgIpc) is 3.44. The van der Waals surface area contributed by atoms with Gasteiger partial charge >= 0.3 is 6.01 Å². The summed E-state index contributed by atoms with van der Waals surface area (Å²) in [7, 11) is 0. The summed E-state index contributed by atoms with van der Waals surface area (Å²) in [5.41, 5.74) is 2.36. The quantitative estimate of drug-likeness (QED) is 0.596. The highest BCUT2D eigenvalue weighted by Crippen LogP contribution is 2.32. The van der Waals surface area contributed by atoms with E-state index in [1.165, 1.54) is 5.57 Å². The first-order chi connectivity index (χ1) is 18.0. The lowest BCUT2D eigenvalue weighted by atomic mass is 9.86. The van der Waals surface area contributed by atoms with Crippen molar-refractivity contribution in [2.45, 2.75) is 70.8 Å². The fraction of sp³-hybridized carbons (Fsp3) is 0.643. The highest BCUT2D eigenvalue weighted by Gasteiger charge is 2.29. The molecule has 0 aromatic carbocycles. The molecule has 1 unspecified atom stereocenters. The number of aliphatic hydroxyl groups is 1. The van der Waals surface area contributed by atoms with Crippen molar-refractivity contribution in [2.24, 2.45) is 11.8 Å². The lowest BCUT2D eigenvalue weighted by Crippen LogP contribution is -2.43. The third-order valence-corrected chi connectivity index (χ3v) is 7.94. The van der Waals surface area contributed by atoms with Crippen molar-refractivity contribution in [1.82, 2.24) is 20.0 Å². The van der Waals surface area contributed by atoms with Gasteiger partial charge in [-0.3, -0.25) is 4.79 Å². The standard InChI is InChI=1S/C28H39N5O4/c1-19(2)26-30-28(37-31-26)33-13-9-20(10-14-33)18-36-25-8-7-23(17-29-25)21-3-5-22(6-4-21)27(35)32-15-11-24(34)12-16-32/h3,7-8,17,19-20,22,24,34H,4-6,9-16,18H2,1-2H3. The van der Waals surface area contributed by atoms with Crippen LogP contribution in [0.1, 0.15) is 76.1 Å². The highest BCUT2D eigenvalue weighted by atomic mass is 16.5. The maximum Gasteiger partial charge on any atom is 0.324 e. The molecule has 9 nitrogen and oxygen atoms in total. The number of pyridine rings is 1. The van der Waals surface area contributed by atoms with Crippen LogP contribution in [0.25, 0.3) is 5.57 Å². The molecule has 0 saturated carbocycles. The summed E-state index contributed by atoms with van der Waals surface area (Å²) in [4.78, 5) is 26.0. The lowest BCUT2D eigenvalue weighted by Gasteiger charge is -2.33. The first-order valence-electron chi connectivity index (χ1n) is 13.8. The van der Waals surface area contributed by atoms with Crippen molar-refractivity contribution in [1.29, 1.82) is 0 Å². The zero-order valence-corrected chi connectivity index (χ0v) is 22.0. The molecule has 9 heteroatoms. The van der Waals surface area contributed by atoms with Crippen LogP contribution in [0.15, 0.2) is 28.9 Å². The van der Waals surface area contributed by atoms with Crippen molar-refractivity contribution in [3.63, 3.8) is 0 Å². The van der Waals surface area contributed by atoms with Crippen LogP contribution in [-0.2, 0) is 4.79 Å². The molecule has 2 saturated heterocycles. The predicted molar refractivity (Wildman–Crippen MR) is 140 cm³/mol. The molecule has 3 aliphatic rings. The van der Waals surface area contributed by atoms with Crippen LogP contribution in [0.3, 0.4) is 0 Å². The number of amides is 1. The third kappa shape index (κ3) is 6.32. The molecule has 0 spiro atoms. The Labute approximate surface area is 218 Å². The van der Waals surface area contributed by atoms with Gasteiger partial charge in [0.15, 0.2) is 5.82 Å². The lowest BCUT2D eigenvalue weighted by molar-refractivity contribution is -0.137. The van der Waals surface area contributed by atoms with Crippen LogP contribution in [0.5, 0.6) is 5.88 Å². The molecule has 4 heterocycles. The summed E-state index contributed by atoms with van der Waals surface area (Å²) < 4.78 is 11.5. The third-order valence-electron chi connectivity index (χ3n) is 7.94. The number of carbonyl (C=O) groups is 1. The Morgan fingerprint density at radius 2 is 1.92 bits per heavy atom. The zero-order chi connectivity index (χ0) is 25.8. The van der Waals surface area contributed by atoms with Gasteiger partial charge in [0.25, 0.3) is 0 Å². The molecule has 0 radical (unpaired) electrons. The minimum Gasteiger partial charge on any atom is -0.477 e. The molecule has 37 heavy (non-hydrogen) atoms. The van der Waals surface area contributed by atoms with E-state index in [4.69, 9.17) is 9.26 Å². The van der Waals surface area contributed by atoms with E-state index in [1.807, 2.05) is 17.2 Å². The van der Waals surface area contributed by atoms with Crippen molar-refractivity contribution in [3.8, 4) is 5.88 Å². The van der Waals surface area contributed by atoms with Gasteiger partial charge in [-0.05, 0) is 68.1 Å². The summed E-state index contributed by atoms with van der Waals surface area (Å²) in [6.07, 6.45) is 9.77. The van der Waals surface area contributed by atoms with Gasteiger partial charge in [0, 0.05) is 50.3 Å². The van der Waals surface area contributed by atoms with Crippen LogP contribution in [0.2, 0.25) is 0 Å². The van der Waals surface area contributed by atoms with Gasteiger partial charge in [0.2, 0.25) is 11.8 Å². The Hall–Kier alpha value is -2.94. The topological polar surface area (TPSA) is 105 Å². The molecular formula is C28H39N5O4. The molecule has 1 atom stereocenters. The number of likely N-dealkylation sites (tertiary alicyclic amines) is 1. The zero-order valence-electron chi connectivity index (χ0n) is 22.0. The minimum absolute atomic E-state index is 0.0538. The van der Waals surface area contributed by atoms with E-state index in [0.717, 1.165) is 56.6 Å². The van der Waals surface area contributed by atoms with E-state index in [1.54, 1.807) is 0 Å². The van der Waals surface area contributed by atoms with Crippen LogP contribution < -0.4 is 9.64 Å². The van der Waals surface area contributed by atoms with E-state index >= 15 is 0 Å². The maximum absolute atomic E-state index is 12.8. The second kappa shape index (κ2) is 11.6. The first-order valence-corrected chi connectivity index (χ1v) is 13.8.